The molecular formula is C11H12BrN3O2S2. The highest BCUT2D eigenvalue weighted by Gasteiger charge is 2.19. The number of sulfonamides is 1. The lowest BCUT2D eigenvalue weighted by molar-refractivity contribution is 0.600. The largest absolute Gasteiger partial charge is 0.326 e. The first kappa shape index (κ1) is 14.4. The molecule has 8 heteroatoms. The number of hydrogen-bond donors (Lipinski definition) is 2. The molecule has 3 N–H and O–H groups in total. The van der Waals surface area contributed by atoms with E-state index >= 15 is 0 Å². The van der Waals surface area contributed by atoms with Crippen molar-refractivity contribution in [3.05, 3.63) is 39.3 Å². The van der Waals surface area contributed by atoms with E-state index in [2.05, 4.69) is 25.6 Å². The molecule has 102 valence electrons. The summed E-state index contributed by atoms with van der Waals surface area (Å²) < 4.78 is 27.5. The van der Waals surface area contributed by atoms with Crippen LogP contribution in [-0.4, -0.2) is 13.4 Å². The maximum absolute atomic E-state index is 12.3. The van der Waals surface area contributed by atoms with E-state index in [1.165, 1.54) is 11.3 Å². The average Bonchev–Trinajstić information content (AvgIpc) is 2.74. The summed E-state index contributed by atoms with van der Waals surface area (Å²) in [6, 6.07) is 4.99. The van der Waals surface area contributed by atoms with Gasteiger partial charge in [-0.2, -0.15) is 0 Å². The van der Waals surface area contributed by atoms with Crippen molar-refractivity contribution in [3.8, 4) is 0 Å². The molecule has 0 unspecified atom stereocenters. The number of nitrogens with one attached hydrogen (secondary N) is 1. The van der Waals surface area contributed by atoms with Gasteiger partial charge in [-0.3, -0.25) is 4.72 Å². The first-order valence-corrected chi connectivity index (χ1v) is 8.51. The lowest BCUT2D eigenvalue weighted by Crippen LogP contribution is -2.14. The fourth-order valence-electron chi connectivity index (χ4n) is 1.45. The molecule has 1 heterocycles. The molecule has 0 aliphatic carbocycles. The summed E-state index contributed by atoms with van der Waals surface area (Å²) in [6.45, 7) is 2.09. The third kappa shape index (κ3) is 3.33. The van der Waals surface area contributed by atoms with Crippen LogP contribution >= 0.6 is 27.3 Å². The van der Waals surface area contributed by atoms with Gasteiger partial charge in [-0.1, -0.05) is 6.07 Å². The molecule has 0 saturated carbocycles. The van der Waals surface area contributed by atoms with Crippen molar-refractivity contribution >= 4 is 42.4 Å². The number of benzene rings is 1. The summed E-state index contributed by atoms with van der Waals surface area (Å²) in [5.74, 6) is 0. The van der Waals surface area contributed by atoms with Gasteiger partial charge >= 0.3 is 0 Å². The standard InChI is InChI=1S/C11H12BrN3O2S2/c1-7-6-18-11(14-7)15-19(16,17)10-4-8(5-13)2-3-9(10)12/h2-4,6H,5,13H2,1H3,(H,14,15). The topological polar surface area (TPSA) is 85.1 Å². The summed E-state index contributed by atoms with van der Waals surface area (Å²) in [6.07, 6.45) is 0. The quantitative estimate of drug-likeness (QED) is 0.875. The zero-order valence-corrected chi connectivity index (χ0v) is 13.3. The molecule has 0 atom stereocenters. The molecule has 2 rings (SSSR count). The van der Waals surface area contributed by atoms with Crippen LogP contribution in [0, 0.1) is 6.92 Å². The molecule has 5 nitrogen and oxygen atoms in total. The van der Waals surface area contributed by atoms with Crippen molar-refractivity contribution in [2.75, 3.05) is 4.72 Å². The number of aryl methyl sites for hydroxylation is 1. The molecule has 0 amide bonds. The zero-order chi connectivity index (χ0) is 14.0. The first-order valence-electron chi connectivity index (χ1n) is 5.36. The van der Waals surface area contributed by atoms with Gasteiger partial charge < -0.3 is 5.73 Å². The van der Waals surface area contributed by atoms with Crippen LogP contribution in [0.25, 0.3) is 0 Å². The van der Waals surface area contributed by atoms with Crippen LogP contribution in [0.1, 0.15) is 11.3 Å². The normalized spacial score (nSPS) is 11.5. The summed E-state index contributed by atoms with van der Waals surface area (Å²) in [7, 11) is -3.67. The van der Waals surface area contributed by atoms with E-state index in [4.69, 9.17) is 5.73 Å². The Morgan fingerprint density at radius 3 is 2.79 bits per heavy atom. The van der Waals surface area contributed by atoms with Crippen molar-refractivity contribution in [2.24, 2.45) is 5.73 Å². The van der Waals surface area contributed by atoms with Crippen molar-refractivity contribution in [1.82, 2.24) is 4.98 Å². The maximum Gasteiger partial charge on any atom is 0.264 e. The summed E-state index contributed by atoms with van der Waals surface area (Å²) in [5, 5.41) is 2.13. The Hall–Kier alpha value is -0.960. The molecule has 0 aliphatic rings. The molecule has 1 aromatic carbocycles. The highest BCUT2D eigenvalue weighted by atomic mass is 79.9. The van der Waals surface area contributed by atoms with Gasteiger partial charge in [0.2, 0.25) is 0 Å². The van der Waals surface area contributed by atoms with Gasteiger partial charge in [-0.05, 0) is 40.5 Å². The highest BCUT2D eigenvalue weighted by Crippen LogP contribution is 2.26. The second kappa shape index (κ2) is 5.58. The number of halogens is 1. The molecule has 0 radical (unpaired) electrons. The van der Waals surface area contributed by atoms with E-state index in [1.807, 2.05) is 0 Å². The molecule has 0 fully saturated rings. The van der Waals surface area contributed by atoms with Crippen LogP contribution in [0.5, 0.6) is 0 Å². The molecule has 1 aromatic heterocycles. The molecule has 2 aromatic rings. The van der Waals surface area contributed by atoms with Crippen molar-refractivity contribution in [1.29, 1.82) is 0 Å². The van der Waals surface area contributed by atoms with E-state index in [0.717, 1.165) is 11.3 Å². The smallest absolute Gasteiger partial charge is 0.264 e. The Balaban J connectivity index is 2.39. The number of aromatic nitrogens is 1. The highest BCUT2D eigenvalue weighted by molar-refractivity contribution is 9.10. The minimum Gasteiger partial charge on any atom is -0.326 e. The predicted molar refractivity (Wildman–Crippen MR) is 79.7 cm³/mol. The molecule has 0 bridgehead atoms. The monoisotopic (exact) mass is 361 g/mol. The third-order valence-electron chi connectivity index (χ3n) is 2.36. The van der Waals surface area contributed by atoms with Crippen LogP contribution in [0.2, 0.25) is 0 Å². The van der Waals surface area contributed by atoms with E-state index < -0.39 is 10.0 Å². The molecule has 19 heavy (non-hydrogen) atoms. The number of anilines is 1. The van der Waals surface area contributed by atoms with Gasteiger partial charge in [0.15, 0.2) is 5.13 Å². The maximum atomic E-state index is 12.3. The first-order chi connectivity index (χ1) is 8.92. The van der Waals surface area contributed by atoms with Gasteiger partial charge in [0.05, 0.1) is 5.69 Å². The van der Waals surface area contributed by atoms with E-state index in [0.29, 0.717) is 9.60 Å². The lowest BCUT2D eigenvalue weighted by Gasteiger charge is -2.08. The molecular weight excluding hydrogens is 350 g/mol. The lowest BCUT2D eigenvalue weighted by atomic mass is 10.2. The fourth-order valence-corrected chi connectivity index (χ4v) is 4.41. The number of nitrogens with zero attached hydrogens (tertiary/aromatic N) is 1. The van der Waals surface area contributed by atoms with Crippen LogP contribution < -0.4 is 10.5 Å². The number of nitrogens with two attached hydrogens (primary N) is 1. The van der Waals surface area contributed by atoms with Crippen LogP contribution in [0.15, 0.2) is 32.9 Å². The van der Waals surface area contributed by atoms with E-state index in [9.17, 15) is 8.42 Å². The molecule has 0 saturated heterocycles. The Kier molecular flexibility index (Phi) is 4.24. The minimum atomic E-state index is -3.67. The van der Waals surface area contributed by atoms with Gasteiger partial charge in [0, 0.05) is 16.4 Å². The van der Waals surface area contributed by atoms with Crippen molar-refractivity contribution in [2.45, 2.75) is 18.4 Å². The Morgan fingerprint density at radius 1 is 1.47 bits per heavy atom. The number of thiazole rings is 1. The predicted octanol–water partition coefficient (Wildman–Crippen LogP) is 2.47. The average molecular weight is 362 g/mol. The van der Waals surface area contributed by atoms with Crippen molar-refractivity contribution < 1.29 is 8.42 Å². The SMILES string of the molecule is Cc1csc(NS(=O)(=O)c2cc(CN)ccc2Br)n1. The van der Waals surface area contributed by atoms with Crippen LogP contribution in [0.3, 0.4) is 0 Å². The molecule has 0 aliphatic heterocycles. The van der Waals surface area contributed by atoms with Crippen LogP contribution in [0.4, 0.5) is 5.13 Å². The van der Waals surface area contributed by atoms with E-state index in [1.54, 1.807) is 30.5 Å². The fraction of sp³-hybridized carbons (Fsp3) is 0.182. The third-order valence-corrected chi connectivity index (χ3v) is 5.70. The van der Waals surface area contributed by atoms with Gasteiger partial charge in [0.25, 0.3) is 10.0 Å². The summed E-state index contributed by atoms with van der Waals surface area (Å²) in [5.41, 5.74) is 7.05. The number of hydrogen-bond acceptors (Lipinski definition) is 5. The second-order valence-corrected chi connectivity index (χ2v) is 7.23. The summed E-state index contributed by atoms with van der Waals surface area (Å²) >= 11 is 4.48. The van der Waals surface area contributed by atoms with Crippen LogP contribution in [-0.2, 0) is 16.6 Å². The Bertz CT molecular complexity index is 698. The summed E-state index contributed by atoms with van der Waals surface area (Å²) in [4.78, 5) is 4.24. The van der Waals surface area contributed by atoms with Gasteiger partial charge in [-0.25, -0.2) is 13.4 Å². The van der Waals surface area contributed by atoms with Gasteiger partial charge in [0.1, 0.15) is 4.90 Å². The Labute approximate surface area is 124 Å². The van der Waals surface area contributed by atoms with Crippen molar-refractivity contribution in [3.63, 3.8) is 0 Å². The zero-order valence-electron chi connectivity index (χ0n) is 10.1. The van der Waals surface area contributed by atoms with E-state index in [-0.39, 0.29) is 11.4 Å². The minimum absolute atomic E-state index is 0.156. The molecule has 0 spiro atoms. The number of rotatable bonds is 4. The Morgan fingerprint density at radius 2 is 2.21 bits per heavy atom. The second-order valence-electron chi connectivity index (χ2n) is 3.87. The van der Waals surface area contributed by atoms with Gasteiger partial charge in [-0.15, -0.1) is 11.3 Å².